The van der Waals surface area contributed by atoms with Crippen LogP contribution in [0, 0.1) is 0 Å². The second kappa shape index (κ2) is 9.35. The Morgan fingerprint density at radius 1 is 0.396 bits per heavy atom. The van der Waals surface area contributed by atoms with Crippen molar-refractivity contribution in [2.24, 2.45) is 0 Å². The zero-order valence-electron chi connectivity index (χ0n) is 27.4. The van der Waals surface area contributed by atoms with E-state index in [0.29, 0.717) is 0 Å². The van der Waals surface area contributed by atoms with Gasteiger partial charge in [0.1, 0.15) is 0 Å². The molecule has 0 fully saturated rings. The topological polar surface area (TPSA) is 41.1 Å². The second-order valence-electron chi connectivity index (χ2n) is 14.0. The van der Waals surface area contributed by atoms with Gasteiger partial charge in [-0.25, -0.2) is 9.97 Å². The quantitative estimate of drug-likeness (QED) is 0.192. The van der Waals surface area contributed by atoms with Gasteiger partial charge in [0, 0.05) is 35.6 Å². The first-order valence-electron chi connectivity index (χ1n) is 16.6. The highest BCUT2D eigenvalue weighted by molar-refractivity contribution is 6.08. The van der Waals surface area contributed by atoms with E-state index in [4.69, 9.17) is 9.97 Å². The molecular formula is C42H34N6. The Kier molecular flexibility index (Phi) is 5.31. The van der Waals surface area contributed by atoms with E-state index in [2.05, 4.69) is 168 Å². The number of hydrogen-bond acceptors (Lipinski definition) is 4. The average molecular weight is 623 g/mol. The summed E-state index contributed by atoms with van der Waals surface area (Å²) in [6, 6.07) is 40.0. The summed E-state index contributed by atoms with van der Waals surface area (Å²) in [5.41, 5.74) is 15.6. The lowest BCUT2D eigenvalue weighted by Gasteiger charge is -2.43. The Balaban J connectivity index is 1.37. The van der Waals surface area contributed by atoms with E-state index in [1.807, 2.05) is 12.4 Å². The summed E-state index contributed by atoms with van der Waals surface area (Å²) < 4.78 is 4.46. The lowest BCUT2D eigenvalue weighted by molar-refractivity contribution is 0.631. The molecule has 6 heteroatoms. The fourth-order valence-electron chi connectivity index (χ4n) is 8.55. The summed E-state index contributed by atoms with van der Waals surface area (Å²) in [6.07, 6.45) is 7.92. The molecule has 0 amide bonds. The molecule has 0 saturated carbocycles. The number of hydrogen-bond donors (Lipinski definition) is 0. The van der Waals surface area contributed by atoms with Gasteiger partial charge in [0.05, 0.1) is 45.2 Å². The van der Waals surface area contributed by atoms with Crippen LogP contribution in [-0.2, 0) is 10.8 Å². The fourth-order valence-corrected chi connectivity index (χ4v) is 8.55. The molecule has 0 aliphatic carbocycles. The summed E-state index contributed by atoms with van der Waals surface area (Å²) in [6.45, 7) is 9.33. The minimum Gasteiger partial charge on any atom is -0.308 e. The van der Waals surface area contributed by atoms with Crippen molar-refractivity contribution in [3.8, 4) is 0 Å². The van der Waals surface area contributed by atoms with Crippen LogP contribution in [0.25, 0.3) is 22.3 Å². The van der Waals surface area contributed by atoms with E-state index >= 15 is 0 Å². The summed E-state index contributed by atoms with van der Waals surface area (Å²) >= 11 is 0. The first-order chi connectivity index (χ1) is 23.4. The van der Waals surface area contributed by atoms with Crippen molar-refractivity contribution >= 4 is 56.5 Å². The zero-order chi connectivity index (χ0) is 32.4. The molecule has 0 bridgehead atoms. The molecule has 0 N–H and O–H groups in total. The van der Waals surface area contributed by atoms with E-state index in [1.165, 1.54) is 45.0 Å². The van der Waals surface area contributed by atoms with Crippen LogP contribution >= 0.6 is 0 Å². The first kappa shape index (κ1) is 27.3. The van der Waals surface area contributed by atoms with Crippen molar-refractivity contribution in [2.45, 2.75) is 38.5 Å². The molecule has 5 aromatic carbocycles. The van der Waals surface area contributed by atoms with Crippen LogP contribution in [0.1, 0.15) is 49.9 Å². The van der Waals surface area contributed by atoms with Gasteiger partial charge in [0.2, 0.25) is 0 Å². The Bertz CT molecular complexity index is 2320. The summed E-state index contributed by atoms with van der Waals surface area (Å²) in [5.74, 6) is 0. The lowest BCUT2D eigenvalue weighted by Crippen LogP contribution is -2.31. The molecule has 6 nitrogen and oxygen atoms in total. The predicted molar refractivity (Wildman–Crippen MR) is 195 cm³/mol. The largest absolute Gasteiger partial charge is 0.308 e. The van der Waals surface area contributed by atoms with Gasteiger partial charge < -0.3 is 9.80 Å². The van der Waals surface area contributed by atoms with E-state index in [0.717, 1.165) is 33.7 Å². The smallest absolute Gasteiger partial charge is 0.181 e. The van der Waals surface area contributed by atoms with Crippen LogP contribution in [0.15, 0.2) is 134 Å². The molecule has 0 spiro atoms. The number of imidazole rings is 2. The SMILES string of the molecule is CC1(C)c2ccccc2N(c2ccc(N3c4ccccc4C(C)(C)c4ccccc43)c3c2n2ccnc2c2nccn23)c2ccccc21. The van der Waals surface area contributed by atoms with Crippen molar-refractivity contribution in [1.82, 2.24) is 18.8 Å². The maximum atomic E-state index is 4.85. The third-order valence-corrected chi connectivity index (χ3v) is 10.8. The predicted octanol–water partition coefficient (Wildman–Crippen LogP) is 10.4. The van der Waals surface area contributed by atoms with Crippen LogP contribution in [0.2, 0.25) is 0 Å². The number of aromatic nitrogens is 4. The number of para-hydroxylation sites is 4. The van der Waals surface area contributed by atoms with Gasteiger partial charge in [0.25, 0.3) is 0 Å². The summed E-state index contributed by atoms with van der Waals surface area (Å²) in [5, 5.41) is 0. The van der Waals surface area contributed by atoms with Gasteiger partial charge in [-0.2, -0.15) is 0 Å². The van der Waals surface area contributed by atoms with Crippen LogP contribution in [0.4, 0.5) is 34.1 Å². The molecule has 8 aromatic rings. The normalized spacial score (nSPS) is 15.8. The van der Waals surface area contributed by atoms with E-state index in [9.17, 15) is 0 Å². The Morgan fingerprint density at radius 3 is 1.04 bits per heavy atom. The highest BCUT2D eigenvalue weighted by atomic mass is 15.2. The van der Waals surface area contributed by atoms with Gasteiger partial charge in [-0.05, 0) is 58.7 Å². The van der Waals surface area contributed by atoms with E-state index < -0.39 is 0 Å². The molecule has 10 rings (SSSR count). The monoisotopic (exact) mass is 622 g/mol. The molecule has 232 valence electrons. The minimum atomic E-state index is -0.157. The van der Waals surface area contributed by atoms with Crippen molar-refractivity contribution in [3.63, 3.8) is 0 Å². The molecule has 2 aliphatic rings. The van der Waals surface area contributed by atoms with Crippen LogP contribution < -0.4 is 9.80 Å². The number of anilines is 6. The first-order valence-corrected chi connectivity index (χ1v) is 16.6. The van der Waals surface area contributed by atoms with Crippen molar-refractivity contribution < 1.29 is 0 Å². The van der Waals surface area contributed by atoms with E-state index in [-0.39, 0.29) is 10.8 Å². The van der Waals surface area contributed by atoms with Crippen LogP contribution in [0.5, 0.6) is 0 Å². The zero-order valence-corrected chi connectivity index (χ0v) is 27.4. The van der Waals surface area contributed by atoms with Gasteiger partial charge >= 0.3 is 0 Å². The number of rotatable bonds is 2. The van der Waals surface area contributed by atoms with Crippen molar-refractivity contribution in [3.05, 3.63) is 156 Å². The van der Waals surface area contributed by atoms with Crippen molar-refractivity contribution in [1.29, 1.82) is 0 Å². The Hall–Kier alpha value is -5.88. The van der Waals surface area contributed by atoms with Gasteiger partial charge in [-0.3, -0.25) is 8.80 Å². The van der Waals surface area contributed by atoms with Gasteiger partial charge in [-0.1, -0.05) is 100 Å². The molecule has 2 aliphatic heterocycles. The molecule has 0 unspecified atom stereocenters. The molecule has 3 aromatic heterocycles. The minimum absolute atomic E-state index is 0.157. The molecule has 0 radical (unpaired) electrons. The Labute approximate surface area is 279 Å². The van der Waals surface area contributed by atoms with Crippen LogP contribution in [0.3, 0.4) is 0 Å². The highest BCUT2D eigenvalue weighted by Crippen LogP contribution is 2.56. The third-order valence-electron chi connectivity index (χ3n) is 10.8. The fraction of sp³-hybridized carbons (Fsp3) is 0.143. The molecular weight excluding hydrogens is 589 g/mol. The second-order valence-corrected chi connectivity index (χ2v) is 14.0. The lowest BCUT2D eigenvalue weighted by atomic mass is 9.73. The standard InChI is InChI=1S/C42H34N6/c1-41(2)27-13-5-9-17-31(27)47(32-18-10-6-14-28(32)41)35-21-22-36(38-37(35)45-25-23-43-39(45)40-44-24-26-46(38)40)48-33-19-11-7-15-29(33)42(3,4)30-16-8-12-20-34(30)48/h5-26H,1-4H3. The molecule has 0 saturated heterocycles. The number of fused-ring (bicyclic) bond motifs is 10. The third kappa shape index (κ3) is 3.36. The number of benzene rings is 5. The van der Waals surface area contributed by atoms with Gasteiger partial charge in [0.15, 0.2) is 11.3 Å². The molecule has 5 heterocycles. The van der Waals surface area contributed by atoms with Crippen molar-refractivity contribution in [2.75, 3.05) is 9.80 Å². The summed E-state index contributed by atoms with van der Waals surface area (Å²) in [7, 11) is 0. The Morgan fingerprint density at radius 2 is 0.708 bits per heavy atom. The number of nitrogens with zero attached hydrogens (tertiary/aromatic N) is 6. The highest BCUT2D eigenvalue weighted by Gasteiger charge is 2.40. The average Bonchev–Trinajstić information content (AvgIpc) is 3.80. The maximum absolute atomic E-state index is 4.85. The van der Waals surface area contributed by atoms with Gasteiger partial charge in [-0.15, -0.1) is 0 Å². The summed E-state index contributed by atoms with van der Waals surface area (Å²) in [4.78, 5) is 14.6. The van der Waals surface area contributed by atoms with Crippen LogP contribution in [-0.4, -0.2) is 18.8 Å². The van der Waals surface area contributed by atoms with E-state index in [1.54, 1.807) is 0 Å². The molecule has 48 heavy (non-hydrogen) atoms. The molecule has 0 atom stereocenters. The maximum Gasteiger partial charge on any atom is 0.181 e.